The second-order valence-corrected chi connectivity index (χ2v) is 3.67. The van der Waals surface area contributed by atoms with Crippen molar-refractivity contribution < 1.29 is 4.74 Å². The van der Waals surface area contributed by atoms with Gasteiger partial charge < -0.3 is 4.74 Å². The first-order valence-electron chi connectivity index (χ1n) is 5.42. The van der Waals surface area contributed by atoms with Gasteiger partial charge in [-0.05, 0) is 20.8 Å². The summed E-state index contributed by atoms with van der Waals surface area (Å²) in [5, 5.41) is 13.1. The highest BCUT2D eigenvalue weighted by Gasteiger charge is 2.05. The van der Waals surface area contributed by atoms with Gasteiger partial charge in [0.05, 0.1) is 13.2 Å². The monoisotopic (exact) mass is 232 g/mol. The zero-order chi connectivity index (χ0) is 12.7. The van der Waals surface area contributed by atoms with E-state index in [1.54, 1.807) is 10.9 Å². The molecule has 0 amide bonds. The summed E-state index contributed by atoms with van der Waals surface area (Å²) in [4.78, 5) is 3.99. The van der Waals surface area contributed by atoms with Gasteiger partial charge in [0.2, 0.25) is 0 Å². The summed E-state index contributed by atoms with van der Waals surface area (Å²) < 4.78 is 6.67. The van der Waals surface area contributed by atoms with Crippen molar-refractivity contribution in [3.8, 4) is 6.07 Å². The van der Waals surface area contributed by atoms with Crippen LogP contribution >= 0.6 is 0 Å². The molecule has 0 saturated carbocycles. The summed E-state index contributed by atoms with van der Waals surface area (Å²) in [7, 11) is 0. The molecule has 1 aromatic heterocycles. The van der Waals surface area contributed by atoms with Gasteiger partial charge in [0, 0.05) is 6.20 Å². The maximum atomic E-state index is 8.93. The molecule has 0 spiro atoms. The average molecular weight is 232 g/mol. The van der Waals surface area contributed by atoms with Crippen LogP contribution in [0.15, 0.2) is 22.8 Å². The number of ether oxygens (including phenoxy) is 1. The summed E-state index contributed by atoms with van der Waals surface area (Å²) in [6.07, 6.45) is 5.02. The van der Waals surface area contributed by atoms with Gasteiger partial charge in [0.1, 0.15) is 11.6 Å². The van der Waals surface area contributed by atoms with Gasteiger partial charge >= 0.3 is 0 Å². The van der Waals surface area contributed by atoms with Crippen LogP contribution in [0.1, 0.15) is 26.3 Å². The van der Waals surface area contributed by atoms with Crippen molar-refractivity contribution in [3.05, 3.63) is 23.4 Å². The second kappa shape index (κ2) is 6.48. The van der Waals surface area contributed by atoms with Gasteiger partial charge in [0.15, 0.2) is 12.2 Å². The summed E-state index contributed by atoms with van der Waals surface area (Å²) in [6, 6.07) is 2.06. The van der Waals surface area contributed by atoms with E-state index in [9.17, 15) is 0 Å². The quantitative estimate of drug-likeness (QED) is 0.445. The molecule has 0 N–H and O–H groups in total. The van der Waals surface area contributed by atoms with Crippen molar-refractivity contribution in [2.75, 3.05) is 6.61 Å². The van der Waals surface area contributed by atoms with E-state index in [4.69, 9.17) is 10.00 Å². The van der Waals surface area contributed by atoms with E-state index < -0.39 is 0 Å². The third-order valence-electron chi connectivity index (χ3n) is 1.97. The van der Waals surface area contributed by atoms with Crippen LogP contribution in [0.25, 0.3) is 0 Å². The van der Waals surface area contributed by atoms with Crippen LogP contribution in [0.5, 0.6) is 0 Å². The molecule has 90 valence electrons. The fraction of sp³-hybridized carbons (Fsp3) is 0.417. The SMILES string of the molecule is CCOC=Nc1nn(CC=C(C)C)cc1C#N. The van der Waals surface area contributed by atoms with E-state index in [1.165, 1.54) is 12.0 Å². The number of rotatable bonds is 5. The molecule has 1 rings (SSSR count). The molecule has 17 heavy (non-hydrogen) atoms. The minimum absolute atomic E-state index is 0.392. The van der Waals surface area contributed by atoms with Gasteiger partial charge in [-0.3, -0.25) is 4.68 Å². The van der Waals surface area contributed by atoms with Gasteiger partial charge in [0.25, 0.3) is 0 Å². The van der Waals surface area contributed by atoms with Crippen molar-refractivity contribution in [3.63, 3.8) is 0 Å². The van der Waals surface area contributed by atoms with E-state index >= 15 is 0 Å². The second-order valence-electron chi connectivity index (χ2n) is 3.67. The molecule has 1 heterocycles. The predicted molar refractivity (Wildman–Crippen MR) is 66.2 cm³/mol. The van der Waals surface area contributed by atoms with Crippen molar-refractivity contribution in [2.45, 2.75) is 27.3 Å². The molecule has 0 atom stereocenters. The summed E-state index contributed by atoms with van der Waals surface area (Å²) >= 11 is 0. The Bertz CT molecular complexity index is 461. The summed E-state index contributed by atoms with van der Waals surface area (Å²) in [5.41, 5.74) is 1.65. The molecule has 0 aliphatic carbocycles. The van der Waals surface area contributed by atoms with Crippen LogP contribution in [-0.4, -0.2) is 22.8 Å². The Labute approximate surface area is 101 Å². The average Bonchev–Trinajstić information content (AvgIpc) is 2.69. The molecule has 0 unspecified atom stereocenters. The highest BCUT2D eigenvalue weighted by atomic mass is 16.5. The van der Waals surface area contributed by atoms with Crippen molar-refractivity contribution in [2.24, 2.45) is 4.99 Å². The fourth-order valence-electron chi connectivity index (χ4n) is 1.12. The number of nitriles is 1. The molecule has 0 saturated heterocycles. The Morgan fingerprint density at radius 3 is 3.00 bits per heavy atom. The third kappa shape index (κ3) is 4.11. The summed E-state index contributed by atoms with van der Waals surface area (Å²) in [5.74, 6) is 0.392. The van der Waals surface area contributed by atoms with E-state index in [1.807, 2.05) is 26.8 Å². The van der Waals surface area contributed by atoms with Crippen LogP contribution < -0.4 is 0 Å². The third-order valence-corrected chi connectivity index (χ3v) is 1.97. The van der Waals surface area contributed by atoms with E-state index in [0.29, 0.717) is 24.5 Å². The Hall–Kier alpha value is -2.09. The molecule has 1 aromatic rings. The smallest absolute Gasteiger partial charge is 0.194 e. The first-order chi connectivity index (χ1) is 8.17. The molecule has 5 nitrogen and oxygen atoms in total. The number of aromatic nitrogens is 2. The minimum Gasteiger partial charge on any atom is -0.483 e. The van der Waals surface area contributed by atoms with Crippen molar-refractivity contribution in [1.82, 2.24) is 9.78 Å². The normalized spacial score (nSPS) is 10.2. The Morgan fingerprint density at radius 1 is 1.65 bits per heavy atom. The van der Waals surface area contributed by atoms with E-state index in [0.717, 1.165) is 0 Å². The number of hydrogen-bond donors (Lipinski definition) is 0. The zero-order valence-corrected chi connectivity index (χ0v) is 10.3. The number of nitrogens with zero attached hydrogens (tertiary/aromatic N) is 4. The lowest BCUT2D eigenvalue weighted by Gasteiger charge is -1.94. The Morgan fingerprint density at radius 2 is 2.41 bits per heavy atom. The molecule has 0 bridgehead atoms. The van der Waals surface area contributed by atoms with Crippen LogP contribution in [0.4, 0.5) is 5.82 Å². The molecule has 0 radical (unpaired) electrons. The van der Waals surface area contributed by atoms with Crippen LogP contribution in [-0.2, 0) is 11.3 Å². The molecular weight excluding hydrogens is 216 g/mol. The van der Waals surface area contributed by atoms with E-state index in [2.05, 4.69) is 16.2 Å². The van der Waals surface area contributed by atoms with E-state index in [-0.39, 0.29) is 0 Å². The Balaban J connectivity index is 2.84. The highest BCUT2D eigenvalue weighted by molar-refractivity contribution is 5.57. The maximum absolute atomic E-state index is 8.93. The standard InChI is InChI=1S/C12H16N4O/c1-4-17-9-14-12-11(7-13)8-16(15-12)6-5-10(2)3/h5,8-9H,4,6H2,1-3H3. The fourth-order valence-corrected chi connectivity index (χ4v) is 1.12. The number of aliphatic imine (C=N–C) groups is 1. The Kier molecular flexibility index (Phi) is 4.95. The van der Waals surface area contributed by atoms with Crippen molar-refractivity contribution >= 4 is 12.2 Å². The topological polar surface area (TPSA) is 63.2 Å². The highest BCUT2D eigenvalue weighted by Crippen LogP contribution is 2.15. The van der Waals surface area contributed by atoms with Gasteiger partial charge in [-0.2, -0.15) is 15.4 Å². The molecular formula is C12H16N4O. The molecule has 0 fully saturated rings. The maximum Gasteiger partial charge on any atom is 0.194 e. The van der Waals surface area contributed by atoms with Crippen LogP contribution in [0.2, 0.25) is 0 Å². The molecule has 0 aliphatic heterocycles. The van der Waals surface area contributed by atoms with Crippen LogP contribution in [0, 0.1) is 11.3 Å². The predicted octanol–water partition coefficient (Wildman–Crippen LogP) is 2.42. The van der Waals surface area contributed by atoms with Gasteiger partial charge in [-0.25, -0.2) is 0 Å². The lowest BCUT2D eigenvalue weighted by Crippen LogP contribution is -1.95. The number of hydrogen-bond acceptors (Lipinski definition) is 4. The molecule has 0 aliphatic rings. The first kappa shape index (κ1) is 13.0. The first-order valence-corrected chi connectivity index (χ1v) is 5.42. The van der Waals surface area contributed by atoms with Gasteiger partial charge in [-0.15, -0.1) is 0 Å². The largest absolute Gasteiger partial charge is 0.483 e. The molecule has 0 aromatic carbocycles. The van der Waals surface area contributed by atoms with Gasteiger partial charge in [-0.1, -0.05) is 11.6 Å². The summed E-state index contributed by atoms with van der Waals surface area (Å²) in [6.45, 7) is 7.08. The number of allylic oxidation sites excluding steroid dienone is 2. The zero-order valence-electron chi connectivity index (χ0n) is 10.3. The lowest BCUT2D eigenvalue weighted by atomic mass is 10.3. The van der Waals surface area contributed by atoms with Crippen molar-refractivity contribution in [1.29, 1.82) is 5.26 Å². The molecule has 5 heteroatoms. The lowest BCUT2D eigenvalue weighted by molar-refractivity contribution is 0.344. The van der Waals surface area contributed by atoms with Crippen LogP contribution in [0.3, 0.4) is 0 Å². The minimum atomic E-state index is 0.392.